The molecule has 5 rings (SSSR count). The summed E-state index contributed by atoms with van der Waals surface area (Å²) < 4.78 is 31.4. The molecule has 31 heavy (non-hydrogen) atoms. The number of hydrogen-bond donors (Lipinski definition) is 0. The third-order valence-corrected chi connectivity index (χ3v) is 11.3. The first-order chi connectivity index (χ1) is 14.6. The molecule has 0 unspecified atom stereocenters. The van der Waals surface area contributed by atoms with Crippen LogP contribution in [0.3, 0.4) is 0 Å². The first kappa shape index (κ1) is 21.6. The van der Waals surface area contributed by atoms with E-state index >= 15 is 0 Å². The van der Waals surface area contributed by atoms with E-state index in [2.05, 4.69) is 13.8 Å². The third kappa shape index (κ3) is 3.42. The largest absolute Gasteiger partial charge is 0.299 e. The quantitative estimate of drug-likeness (QED) is 0.563. The van der Waals surface area contributed by atoms with E-state index in [1.165, 1.54) is 6.42 Å². The predicted molar refractivity (Wildman–Crippen MR) is 120 cm³/mol. The molecule has 170 valence electrons. The van der Waals surface area contributed by atoms with Crippen molar-refractivity contribution in [3.63, 3.8) is 0 Å². The van der Waals surface area contributed by atoms with Gasteiger partial charge in [-0.05, 0) is 99.5 Å². The molecule has 4 fully saturated rings. The number of hydrogen-bond acceptors (Lipinski definition) is 4. The Bertz CT molecular complexity index is 968. The first-order valence-electron chi connectivity index (χ1n) is 12.2. The van der Waals surface area contributed by atoms with E-state index in [-0.39, 0.29) is 21.8 Å². The zero-order valence-electron chi connectivity index (χ0n) is 19.1. The van der Waals surface area contributed by atoms with Gasteiger partial charge in [-0.1, -0.05) is 31.5 Å². The normalized spacial score (nSPS) is 42.5. The van der Waals surface area contributed by atoms with Crippen molar-refractivity contribution in [2.45, 2.75) is 89.6 Å². The van der Waals surface area contributed by atoms with Crippen LogP contribution in [0.4, 0.5) is 0 Å². The molecule has 7 atom stereocenters. The molecule has 5 heteroatoms. The Balaban J connectivity index is 1.30. The van der Waals surface area contributed by atoms with Gasteiger partial charge in [0, 0.05) is 11.8 Å². The van der Waals surface area contributed by atoms with E-state index in [0.29, 0.717) is 29.5 Å². The van der Waals surface area contributed by atoms with Crippen LogP contribution in [0.25, 0.3) is 0 Å². The molecule has 0 N–H and O–H groups in total. The fourth-order valence-corrected chi connectivity index (χ4v) is 9.13. The highest BCUT2D eigenvalue weighted by Crippen LogP contribution is 2.65. The van der Waals surface area contributed by atoms with Crippen LogP contribution in [0.2, 0.25) is 0 Å². The first-order valence-corrected chi connectivity index (χ1v) is 13.6. The number of Topliss-reactive ketones (excluding diaryl/α,β-unsaturated/α-hetero) is 1. The molecule has 4 nitrogen and oxygen atoms in total. The molecule has 1 aromatic carbocycles. The molecule has 0 aromatic heterocycles. The number of ketones is 1. The monoisotopic (exact) mass is 444 g/mol. The highest BCUT2D eigenvalue weighted by molar-refractivity contribution is 7.86. The van der Waals surface area contributed by atoms with Gasteiger partial charge in [-0.15, -0.1) is 0 Å². The molecule has 0 radical (unpaired) electrons. The molecule has 0 aliphatic heterocycles. The topological polar surface area (TPSA) is 60.4 Å². The molecule has 0 amide bonds. The Kier molecular flexibility index (Phi) is 5.17. The van der Waals surface area contributed by atoms with Crippen LogP contribution in [0, 0.1) is 41.4 Å². The van der Waals surface area contributed by atoms with E-state index in [9.17, 15) is 13.2 Å². The van der Waals surface area contributed by atoms with Crippen LogP contribution in [0.1, 0.15) is 77.2 Å². The lowest BCUT2D eigenvalue weighted by atomic mass is 9.45. The van der Waals surface area contributed by atoms with Crippen LogP contribution in [-0.2, 0) is 19.1 Å². The minimum Gasteiger partial charge on any atom is -0.299 e. The summed E-state index contributed by atoms with van der Waals surface area (Å²) >= 11 is 0. The smallest absolute Gasteiger partial charge is 0.297 e. The van der Waals surface area contributed by atoms with Crippen LogP contribution < -0.4 is 0 Å². The Labute approximate surface area is 187 Å². The summed E-state index contributed by atoms with van der Waals surface area (Å²) in [6.07, 6.45) is 8.85. The maximum atomic E-state index is 12.8. The van der Waals surface area contributed by atoms with Crippen LogP contribution in [0.5, 0.6) is 0 Å². The highest BCUT2D eigenvalue weighted by Gasteiger charge is 2.60. The number of fused-ring (bicyclic) bond motifs is 5. The van der Waals surface area contributed by atoms with Crippen molar-refractivity contribution in [2.24, 2.45) is 34.5 Å². The number of carbonyl (C=O) groups is 1. The van der Waals surface area contributed by atoms with Crippen molar-refractivity contribution in [3.8, 4) is 0 Å². The molecule has 4 saturated carbocycles. The van der Waals surface area contributed by atoms with E-state index < -0.39 is 10.1 Å². The van der Waals surface area contributed by atoms with Crippen molar-refractivity contribution in [1.82, 2.24) is 0 Å². The van der Waals surface area contributed by atoms with Gasteiger partial charge in [-0.25, -0.2) is 0 Å². The van der Waals surface area contributed by atoms with Gasteiger partial charge in [0.2, 0.25) is 0 Å². The predicted octanol–water partition coefficient (Wildman–Crippen LogP) is 5.68. The Morgan fingerprint density at radius 3 is 2.42 bits per heavy atom. The lowest BCUT2D eigenvalue weighted by Gasteiger charge is -2.60. The van der Waals surface area contributed by atoms with Gasteiger partial charge in [0.1, 0.15) is 5.78 Å². The number of rotatable bonds is 3. The summed E-state index contributed by atoms with van der Waals surface area (Å²) in [6.45, 7) is 6.64. The standard InChI is InChI=1S/C26H36O4S/c1-17-4-7-20(8-5-17)31(28,29)30-19-12-14-25(2)18(16-19)6-9-21-22-10-11-24(27)26(22,3)15-13-23(21)25/h4-5,7-8,18-19,21-23H,6,9-16H2,1-3H3/t18-,19+,21-,22-,23+,25-,26+/m1/s1. The number of carbonyl (C=O) groups excluding carboxylic acids is 1. The maximum Gasteiger partial charge on any atom is 0.297 e. The fourth-order valence-electron chi connectivity index (χ4n) is 8.02. The molecule has 1 aromatic rings. The zero-order valence-corrected chi connectivity index (χ0v) is 19.9. The van der Waals surface area contributed by atoms with Crippen molar-refractivity contribution in [2.75, 3.05) is 0 Å². The van der Waals surface area contributed by atoms with Crippen LogP contribution >= 0.6 is 0 Å². The SMILES string of the molecule is Cc1ccc(S(=O)(=O)O[C@H]2CC[C@]3(C)[C@H](CC[C@@H]4[C@H]5CCC(=O)[C@@]5(C)CC[C@@H]43)C2)cc1. The van der Waals surface area contributed by atoms with E-state index in [4.69, 9.17) is 4.18 Å². The van der Waals surface area contributed by atoms with E-state index in [0.717, 1.165) is 56.9 Å². The second-order valence-corrected chi connectivity index (χ2v) is 12.9. The summed E-state index contributed by atoms with van der Waals surface area (Å²) in [5.41, 5.74) is 1.22. The Morgan fingerprint density at radius 1 is 0.935 bits per heavy atom. The molecular weight excluding hydrogens is 408 g/mol. The van der Waals surface area contributed by atoms with Gasteiger partial charge in [-0.3, -0.25) is 8.98 Å². The van der Waals surface area contributed by atoms with Crippen molar-refractivity contribution in [3.05, 3.63) is 29.8 Å². The zero-order chi connectivity index (χ0) is 22.0. The lowest BCUT2D eigenvalue weighted by Crippen LogP contribution is -2.54. The van der Waals surface area contributed by atoms with Gasteiger partial charge < -0.3 is 0 Å². The third-order valence-electron chi connectivity index (χ3n) is 9.90. The highest BCUT2D eigenvalue weighted by atomic mass is 32.2. The van der Waals surface area contributed by atoms with E-state index in [1.807, 2.05) is 19.1 Å². The average molecular weight is 445 g/mol. The van der Waals surface area contributed by atoms with Crippen molar-refractivity contribution in [1.29, 1.82) is 0 Å². The summed E-state index contributed by atoms with van der Waals surface area (Å²) in [6, 6.07) is 6.93. The molecular formula is C26H36O4S. The molecule has 0 saturated heterocycles. The van der Waals surface area contributed by atoms with Gasteiger partial charge in [0.15, 0.2) is 0 Å². The van der Waals surface area contributed by atoms with Crippen molar-refractivity contribution >= 4 is 15.9 Å². The lowest BCUT2D eigenvalue weighted by molar-refractivity contribution is -0.141. The molecule has 0 heterocycles. The molecule has 4 aliphatic rings. The molecule has 4 aliphatic carbocycles. The minimum atomic E-state index is -3.72. The number of aryl methyl sites for hydroxylation is 1. The summed E-state index contributed by atoms with van der Waals surface area (Å²) in [4.78, 5) is 12.9. The minimum absolute atomic E-state index is 0.0766. The second-order valence-electron chi connectivity index (χ2n) is 11.3. The van der Waals surface area contributed by atoms with Gasteiger partial charge in [0.25, 0.3) is 10.1 Å². The summed E-state index contributed by atoms with van der Waals surface area (Å²) in [5.74, 6) is 2.92. The van der Waals surface area contributed by atoms with Gasteiger partial charge in [0.05, 0.1) is 11.0 Å². The maximum absolute atomic E-state index is 12.8. The Hall–Kier alpha value is -1.20. The fraction of sp³-hybridized carbons (Fsp3) is 0.731. The van der Waals surface area contributed by atoms with Gasteiger partial charge >= 0.3 is 0 Å². The summed E-state index contributed by atoms with van der Waals surface area (Å²) in [7, 11) is -3.72. The van der Waals surface area contributed by atoms with E-state index in [1.54, 1.807) is 12.1 Å². The van der Waals surface area contributed by atoms with Crippen LogP contribution in [0.15, 0.2) is 29.2 Å². The van der Waals surface area contributed by atoms with Gasteiger partial charge in [-0.2, -0.15) is 8.42 Å². The van der Waals surface area contributed by atoms with Crippen molar-refractivity contribution < 1.29 is 17.4 Å². The molecule has 0 spiro atoms. The average Bonchev–Trinajstić information content (AvgIpc) is 3.03. The number of benzene rings is 1. The second kappa shape index (κ2) is 7.41. The molecule has 0 bridgehead atoms. The van der Waals surface area contributed by atoms with Crippen LogP contribution in [-0.4, -0.2) is 20.3 Å². The summed E-state index contributed by atoms with van der Waals surface area (Å²) in [5, 5.41) is 0. The Morgan fingerprint density at radius 2 is 1.68 bits per heavy atom.